The van der Waals surface area contributed by atoms with Gasteiger partial charge in [-0.2, -0.15) is 0 Å². The van der Waals surface area contributed by atoms with Gasteiger partial charge < -0.3 is 15.4 Å². The molecule has 3 heterocycles. The second kappa shape index (κ2) is 7.15. The number of aromatic nitrogens is 3. The summed E-state index contributed by atoms with van der Waals surface area (Å²) in [6.07, 6.45) is 0.562. The largest absolute Gasteiger partial charge is 0.396 e. The Bertz CT molecular complexity index is 978. The van der Waals surface area contributed by atoms with Crippen LogP contribution in [0, 0.1) is 13.8 Å². The van der Waals surface area contributed by atoms with Crippen LogP contribution in [0.15, 0.2) is 24.3 Å². The molecule has 0 saturated carbocycles. The minimum atomic E-state index is -0.643. The molecular weight excluding hydrogens is 345 g/mol. The van der Waals surface area contributed by atoms with Crippen molar-refractivity contribution in [3.8, 4) is 0 Å². The summed E-state index contributed by atoms with van der Waals surface area (Å²) in [4.78, 5) is 6.56. The molecule has 142 valence electrons. The van der Waals surface area contributed by atoms with Gasteiger partial charge in [-0.25, -0.2) is 13.9 Å². The Kier molecular flexibility index (Phi) is 4.70. The fourth-order valence-electron chi connectivity index (χ4n) is 3.53. The molecule has 7 heteroatoms. The fraction of sp³-hybridized carbons (Fsp3) is 0.400. The minimum absolute atomic E-state index is 0.397. The quantitative estimate of drug-likeness (QED) is 0.766. The van der Waals surface area contributed by atoms with Crippen LogP contribution in [0.3, 0.4) is 0 Å². The Hall–Kier alpha value is -2.67. The number of ether oxygens (including phenoxy) is 1. The summed E-state index contributed by atoms with van der Waals surface area (Å²) in [5.41, 5.74) is 12.0. The first-order chi connectivity index (χ1) is 13.1. The second-order valence-electron chi connectivity index (χ2n) is 6.97. The van der Waals surface area contributed by atoms with Crippen molar-refractivity contribution in [2.75, 3.05) is 36.9 Å². The highest BCUT2D eigenvalue weighted by atomic mass is 19.1. The predicted molar refractivity (Wildman–Crippen MR) is 104 cm³/mol. The van der Waals surface area contributed by atoms with E-state index in [0.717, 1.165) is 30.2 Å². The fourth-order valence-corrected chi connectivity index (χ4v) is 3.53. The van der Waals surface area contributed by atoms with E-state index in [4.69, 9.17) is 15.6 Å². The van der Waals surface area contributed by atoms with Gasteiger partial charge >= 0.3 is 0 Å². The number of halogens is 1. The highest BCUT2D eigenvalue weighted by Crippen LogP contribution is 2.26. The third-order valence-corrected chi connectivity index (χ3v) is 5.31. The monoisotopic (exact) mass is 369 g/mol. The van der Waals surface area contributed by atoms with Crippen molar-refractivity contribution in [1.29, 1.82) is 0 Å². The van der Waals surface area contributed by atoms with Crippen molar-refractivity contribution >= 4 is 17.2 Å². The van der Waals surface area contributed by atoms with Crippen molar-refractivity contribution in [3.05, 3.63) is 52.3 Å². The highest BCUT2D eigenvalue weighted by molar-refractivity contribution is 5.69. The lowest BCUT2D eigenvalue weighted by Gasteiger charge is -2.27. The number of nitrogen functional groups attached to an aromatic ring is 1. The van der Waals surface area contributed by atoms with Crippen LogP contribution in [0.25, 0.3) is 5.65 Å². The Morgan fingerprint density at radius 1 is 1.22 bits per heavy atom. The Labute approximate surface area is 157 Å². The van der Waals surface area contributed by atoms with E-state index >= 15 is 0 Å². The number of benzene rings is 1. The molecule has 0 spiro atoms. The molecule has 1 saturated heterocycles. The zero-order valence-corrected chi connectivity index (χ0v) is 15.7. The maximum atomic E-state index is 13.7. The van der Waals surface area contributed by atoms with Crippen LogP contribution >= 0.6 is 0 Å². The van der Waals surface area contributed by atoms with Crippen LogP contribution in [-0.2, 0) is 17.8 Å². The summed E-state index contributed by atoms with van der Waals surface area (Å²) < 4.78 is 20.9. The minimum Gasteiger partial charge on any atom is -0.396 e. The van der Waals surface area contributed by atoms with Gasteiger partial charge in [-0.3, -0.25) is 0 Å². The number of hydrogen-bond donors (Lipinski definition) is 1. The third-order valence-electron chi connectivity index (χ3n) is 5.31. The lowest BCUT2D eigenvalue weighted by molar-refractivity contribution is 0.122. The Morgan fingerprint density at radius 2 is 2.00 bits per heavy atom. The van der Waals surface area contributed by atoms with Gasteiger partial charge in [-0.05, 0) is 30.5 Å². The smallest absolute Gasteiger partial charge is 0.177 e. The molecule has 27 heavy (non-hydrogen) atoms. The van der Waals surface area contributed by atoms with E-state index in [0.29, 0.717) is 36.7 Å². The molecule has 1 aliphatic heterocycles. The molecule has 2 aromatic heterocycles. The van der Waals surface area contributed by atoms with Crippen molar-refractivity contribution in [2.24, 2.45) is 0 Å². The molecule has 3 aromatic rings. The first-order valence-electron chi connectivity index (χ1n) is 9.19. The van der Waals surface area contributed by atoms with E-state index in [1.54, 1.807) is 4.52 Å². The zero-order chi connectivity index (χ0) is 19.0. The average Bonchev–Trinajstić information content (AvgIpc) is 3.04. The number of imidazole rings is 1. The van der Waals surface area contributed by atoms with Crippen LogP contribution in [-0.4, -0.2) is 40.9 Å². The van der Waals surface area contributed by atoms with Crippen molar-refractivity contribution in [3.63, 3.8) is 0 Å². The number of rotatable bonds is 4. The SMILES string of the molecule is Cc1cccc(Cc2c(CF)nc3c(N)cc(N4CCOCC4)nn23)c1C. The molecular formula is C20H24FN5O. The molecule has 0 unspecified atom stereocenters. The number of nitrogens with zero attached hydrogens (tertiary/aromatic N) is 4. The van der Waals surface area contributed by atoms with Crippen molar-refractivity contribution in [1.82, 2.24) is 14.6 Å². The van der Waals surface area contributed by atoms with Crippen LogP contribution < -0.4 is 10.6 Å². The Balaban J connectivity index is 1.82. The summed E-state index contributed by atoms with van der Waals surface area (Å²) in [7, 11) is 0. The molecule has 1 aliphatic rings. The lowest BCUT2D eigenvalue weighted by Crippen LogP contribution is -2.37. The van der Waals surface area contributed by atoms with E-state index in [2.05, 4.69) is 35.9 Å². The van der Waals surface area contributed by atoms with E-state index in [-0.39, 0.29) is 0 Å². The Morgan fingerprint density at radius 3 is 2.74 bits per heavy atom. The molecule has 4 rings (SSSR count). The van der Waals surface area contributed by atoms with Gasteiger partial charge in [0.05, 0.1) is 30.3 Å². The van der Waals surface area contributed by atoms with Gasteiger partial charge in [0.1, 0.15) is 6.67 Å². The van der Waals surface area contributed by atoms with Gasteiger partial charge in [0.15, 0.2) is 11.5 Å². The van der Waals surface area contributed by atoms with Gasteiger partial charge in [0.2, 0.25) is 0 Å². The highest BCUT2D eigenvalue weighted by Gasteiger charge is 2.20. The van der Waals surface area contributed by atoms with E-state index in [1.807, 2.05) is 12.1 Å². The number of morpholine rings is 1. The maximum Gasteiger partial charge on any atom is 0.177 e. The summed E-state index contributed by atoms with van der Waals surface area (Å²) >= 11 is 0. The van der Waals surface area contributed by atoms with Crippen LogP contribution in [0.4, 0.5) is 15.9 Å². The van der Waals surface area contributed by atoms with Crippen LogP contribution in [0.5, 0.6) is 0 Å². The maximum absolute atomic E-state index is 13.7. The molecule has 1 fully saturated rings. The number of anilines is 2. The molecule has 1 aromatic carbocycles. The molecule has 6 nitrogen and oxygen atoms in total. The van der Waals surface area contributed by atoms with Crippen molar-refractivity contribution < 1.29 is 9.13 Å². The topological polar surface area (TPSA) is 68.7 Å². The first kappa shape index (κ1) is 17.7. The van der Waals surface area contributed by atoms with Crippen molar-refractivity contribution in [2.45, 2.75) is 26.9 Å². The summed E-state index contributed by atoms with van der Waals surface area (Å²) in [6.45, 7) is 6.36. The van der Waals surface area contributed by atoms with Gasteiger partial charge in [-0.1, -0.05) is 18.2 Å². The summed E-state index contributed by atoms with van der Waals surface area (Å²) in [6, 6.07) is 7.99. The molecule has 0 atom stereocenters. The van der Waals surface area contributed by atoms with E-state index in [9.17, 15) is 4.39 Å². The number of hydrogen-bond acceptors (Lipinski definition) is 5. The number of nitrogens with two attached hydrogens (primary N) is 1. The molecule has 2 N–H and O–H groups in total. The standard InChI is InChI=1S/C20H24FN5O/c1-13-4-3-5-15(14(13)2)10-18-17(12-21)23-20-16(22)11-19(24-26(18)20)25-6-8-27-9-7-25/h3-5,11H,6-10,12,22H2,1-2H3. The zero-order valence-electron chi connectivity index (χ0n) is 15.7. The summed E-state index contributed by atoms with van der Waals surface area (Å²) in [5, 5.41) is 4.75. The number of alkyl halides is 1. The van der Waals surface area contributed by atoms with E-state index < -0.39 is 6.67 Å². The number of fused-ring (bicyclic) bond motifs is 1. The van der Waals surface area contributed by atoms with Crippen LogP contribution in [0.1, 0.15) is 28.1 Å². The molecule has 0 amide bonds. The average molecular weight is 369 g/mol. The molecule has 0 bridgehead atoms. The van der Waals surface area contributed by atoms with Gasteiger partial charge in [-0.15, -0.1) is 5.10 Å². The first-order valence-corrected chi connectivity index (χ1v) is 9.19. The second-order valence-corrected chi connectivity index (χ2v) is 6.97. The third kappa shape index (κ3) is 3.23. The summed E-state index contributed by atoms with van der Waals surface area (Å²) in [5.74, 6) is 0.772. The predicted octanol–water partition coefficient (Wildman–Crippen LogP) is 2.83. The molecule has 0 radical (unpaired) electrons. The van der Waals surface area contributed by atoms with Gasteiger partial charge in [0, 0.05) is 25.6 Å². The molecule has 0 aliphatic carbocycles. The van der Waals surface area contributed by atoms with Gasteiger partial charge in [0.25, 0.3) is 0 Å². The van der Waals surface area contributed by atoms with Crippen LogP contribution in [0.2, 0.25) is 0 Å². The normalized spacial score (nSPS) is 14.9. The van der Waals surface area contributed by atoms with E-state index in [1.165, 1.54) is 11.1 Å². The lowest BCUT2D eigenvalue weighted by atomic mass is 9.99. The number of aryl methyl sites for hydroxylation is 1.